The number of hydrogen-bond acceptors (Lipinski definition) is 3. The Hall–Kier alpha value is -2.04. The Morgan fingerprint density at radius 2 is 2.11 bits per heavy atom. The van der Waals surface area contributed by atoms with E-state index >= 15 is 0 Å². The highest BCUT2D eigenvalue weighted by Gasteiger charge is 2.20. The molecule has 0 fully saturated rings. The van der Waals surface area contributed by atoms with Gasteiger partial charge in [-0.25, -0.2) is 9.07 Å². The van der Waals surface area contributed by atoms with Gasteiger partial charge < -0.3 is 10.5 Å². The third-order valence-corrected chi connectivity index (χ3v) is 3.59. The Morgan fingerprint density at radius 1 is 1.32 bits per heavy atom. The first-order valence-electron chi connectivity index (χ1n) is 6.41. The van der Waals surface area contributed by atoms with Crippen molar-refractivity contribution in [1.82, 2.24) is 9.78 Å². The first-order chi connectivity index (χ1) is 9.20. The van der Waals surface area contributed by atoms with Crippen LogP contribution in [0.4, 0.5) is 10.2 Å². The lowest BCUT2D eigenvalue weighted by Crippen LogP contribution is -2.08. The molecule has 1 aromatic carbocycles. The van der Waals surface area contributed by atoms with Gasteiger partial charge in [0.15, 0.2) is 11.6 Å². The molecule has 2 aromatic rings. The van der Waals surface area contributed by atoms with Crippen LogP contribution in [0.3, 0.4) is 0 Å². The number of anilines is 1. The minimum absolute atomic E-state index is 0.234. The topological polar surface area (TPSA) is 53.1 Å². The molecule has 0 spiro atoms. The second-order valence-electron chi connectivity index (χ2n) is 4.75. The van der Waals surface area contributed by atoms with Crippen LogP contribution in [-0.4, -0.2) is 16.9 Å². The van der Waals surface area contributed by atoms with Gasteiger partial charge in [-0.15, -0.1) is 0 Å². The van der Waals surface area contributed by atoms with Crippen LogP contribution < -0.4 is 10.5 Å². The molecule has 0 saturated heterocycles. The van der Waals surface area contributed by atoms with Crippen LogP contribution in [0.15, 0.2) is 18.2 Å². The molecule has 0 aliphatic heterocycles. The highest BCUT2D eigenvalue weighted by Crippen LogP contribution is 2.29. The SMILES string of the molecule is COc1ccc(-n2nc(N)c3c2CCCC3)cc1F. The van der Waals surface area contributed by atoms with Gasteiger partial charge in [-0.3, -0.25) is 0 Å². The number of hydrogen-bond donors (Lipinski definition) is 1. The first-order valence-corrected chi connectivity index (χ1v) is 6.41. The third-order valence-electron chi connectivity index (χ3n) is 3.59. The van der Waals surface area contributed by atoms with Gasteiger partial charge in [0.25, 0.3) is 0 Å². The molecule has 0 radical (unpaired) electrons. The molecule has 2 N–H and O–H groups in total. The first kappa shape index (κ1) is 12.0. The maximum atomic E-state index is 13.8. The molecule has 1 aliphatic rings. The summed E-state index contributed by atoms with van der Waals surface area (Å²) in [5.74, 6) is 0.405. The molecule has 5 heteroatoms. The summed E-state index contributed by atoms with van der Waals surface area (Å²) in [6.07, 6.45) is 4.16. The van der Waals surface area contributed by atoms with E-state index in [4.69, 9.17) is 10.5 Å². The van der Waals surface area contributed by atoms with Crippen molar-refractivity contribution in [2.24, 2.45) is 0 Å². The Morgan fingerprint density at radius 3 is 2.84 bits per heavy atom. The maximum Gasteiger partial charge on any atom is 0.167 e. The molecular weight excluding hydrogens is 245 g/mol. The van der Waals surface area contributed by atoms with Crippen molar-refractivity contribution >= 4 is 5.82 Å². The minimum Gasteiger partial charge on any atom is -0.494 e. The van der Waals surface area contributed by atoms with E-state index in [-0.39, 0.29) is 5.75 Å². The fraction of sp³-hybridized carbons (Fsp3) is 0.357. The van der Waals surface area contributed by atoms with Crippen LogP contribution in [0.2, 0.25) is 0 Å². The summed E-state index contributed by atoms with van der Waals surface area (Å²) in [5.41, 5.74) is 8.85. The lowest BCUT2D eigenvalue weighted by atomic mass is 9.97. The summed E-state index contributed by atoms with van der Waals surface area (Å²) in [6, 6.07) is 4.83. The quantitative estimate of drug-likeness (QED) is 0.903. The number of nitrogens with zero attached hydrogens (tertiary/aromatic N) is 2. The van der Waals surface area contributed by atoms with E-state index in [1.165, 1.54) is 13.2 Å². The molecule has 0 amide bonds. The van der Waals surface area contributed by atoms with E-state index < -0.39 is 5.82 Å². The number of ether oxygens (including phenoxy) is 1. The average molecular weight is 261 g/mol. The summed E-state index contributed by atoms with van der Waals surface area (Å²) >= 11 is 0. The molecule has 0 saturated carbocycles. The van der Waals surface area contributed by atoms with E-state index in [2.05, 4.69) is 5.10 Å². The number of fused-ring (bicyclic) bond motifs is 1. The van der Waals surface area contributed by atoms with E-state index in [9.17, 15) is 4.39 Å². The average Bonchev–Trinajstić information content (AvgIpc) is 2.77. The molecule has 1 aliphatic carbocycles. The van der Waals surface area contributed by atoms with Crippen molar-refractivity contribution in [3.05, 3.63) is 35.3 Å². The molecule has 19 heavy (non-hydrogen) atoms. The van der Waals surface area contributed by atoms with Crippen LogP contribution in [0.25, 0.3) is 5.69 Å². The van der Waals surface area contributed by atoms with Crippen molar-refractivity contribution < 1.29 is 9.13 Å². The second kappa shape index (κ2) is 4.57. The second-order valence-corrected chi connectivity index (χ2v) is 4.75. The zero-order valence-electron chi connectivity index (χ0n) is 10.8. The van der Waals surface area contributed by atoms with Crippen molar-refractivity contribution in [2.75, 3.05) is 12.8 Å². The van der Waals surface area contributed by atoms with Crippen LogP contribution >= 0.6 is 0 Å². The molecule has 0 atom stereocenters. The van der Waals surface area contributed by atoms with Crippen molar-refractivity contribution in [2.45, 2.75) is 25.7 Å². The van der Waals surface area contributed by atoms with Crippen LogP contribution in [0, 0.1) is 5.82 Å². The number of aromatic nitrogens is 2. The van der Waals surface area contributed by atoms with Gasteiger partial charge in [-0.05, 0) is 37.8 Å². The van der Waals surface area contributed by atoms with Gasteiger partial charge in [0.05, 0.1) is 12.8 Å². The van der Waals surface area contributed by atoms with Crippen LogP contribution in [-0.2, 0) is 12.8 Å². The summed E-state index contributed by atoms with van der Waals surface area (Å²) in [7, 11) is 1.45. The molecule has 3 rings (SSSR count). The highest BCUT2D eigenvalue weighted by molar-refractivity contribution is 5.49. The van der Waals surface area contributed by atoms with E-state index in [0.717, 1.165) is 36.9 Å². The van der Waals surface area contributed by atoms with Crippen molar-refractivity contribution in [1.29, 1.82) is 0 Å². The number of nitrogen functional groups attached to an aromatic ring is 1. The number of rotatable bonds is 2. The molecule has 4 nitrogen and oxygen atoms in total. The van der Waals surface area contributed by atoms with E-state index in [0.29, 0.717) is 11.5 Å². The molecule has 0 bridgehead atoms. The van der Waals surface area contributed by atoms with Gasteiger partial charge in [0.2, 0.25) is 0 Å². The number of benzene rings is 1. The van der Waals surface area contributed by atoms with Gasteiger partial charge in [-0.2, -0.15) is 5.10 Å². The Bertz CT molecular complexity index is 621. The summed E-state index contributed by atoms with van der Waals surface area (Å²) in [5, 5.41) is 4.35. The largest absolute Gasteiger partial charge is 0.494 e. The summed E-state index contributed by atoms with van der Waals surface area (Å²) < 4.78 is 20.5. The molecule has 100 valence electrons. The van der Waals surface area contributed by atoms with Crippen LogP contribution in [0.5, 0.6) is 5.75 Å². The van der Waals surface area contributed by atoms with Gasteiger partial charge in [0, 0.05) is 17.3 Å². The van der Waals surface area contributed by atoms with Gasteiger partial charge >= 0.3 is 0 Å². The Balaban J connectivity index is 2.09. The molecule has 1 aromatic heterocycles. The number of halogens is 1. The number of methoxy groups -OCH3 is 1. The fourth-order valence-corrected chi connectivity index (χ4v) is 2.63. The number of nitrogens with two attached hydrogens (primary N) is 1. The van der Waals surface area contributed by atoms with Crippen molar-refractivity contribution in [3.8, 4) is 11.4 Å². The van der Waals surface area contributed by atoms with E-state index in [1.807, 2.05) is 0 Å². The van der Waals surface area contributed by atoms with Crippen LogP contribution in [0.1, 0.15) is 24.1 Å². The molecular formula is C14H16FN3O. The van der Waals surface area contributed by atoms with Gasteiger partial charge in [-0.1, -0.05) is 0 Å². The van der Waals surface area contributed by atoms with Crippen molar-refractivity contribution in [3.63, 3.8) is 0 Å². The standard InChI is InChI=1S/C14H16FN3O/c1-19-13-7-6-9(8-11(13)15)18-12-5-3-2-4-10(12)14(16)17-18/h6-8H,2-5H2,1H3,(H2,16,17). The highest BCUT2D eigenvalue weighted by atomic mass is 19.1. The Labute approximate surface area is 111 Å². The predicted molar refractivity (Wildman–Crippen MR) is 71.1 cm³/mol. The zero-order valence-corrected chi connectivity index (χ0v) is 10.8. The third kappa shape index (κ3) is 1.95. The molecule has 0 unspecified atom stereocenters. The predicted octanol–water partition coefficient (Wildman–Crippen LogP) is 2.48. The lowest BCUT2D eigenvalue weighted by Gasteiger charge is -2.14. The van der Waals surface area contributed by atoms with E-state index in [1.54, 1.807) is 16.8 Å². The minimum atomic E-state index is -0.390. The Kier molecular flexibility index (Phi) is 2.89. The maximum absolute atomic E-state index is 13.8. The monoisotopic (exact) mass is 261 g/mol. The lowest BCUT2D eigenvalue weighted by molar-refractivity contribution is 0.386. The van der Waals surface area contributed by atoms with Gasteiger partial charge in [0.1, 0.15) is 5.82 Å². The normalized spacial score (nSPS) is 14.2. The smallest absolute Gasteiger partial charge is 0.167 e. The fourth-order valence-electron chi connectivity index (χ4n) is 2.63. The summed E-state index contributed by atoms with van der Waals surface area (Å²) in [4.78, 5) is 0. The zero-order chi connectivity index (χ0) is 13.4. The molecule has 1 heterocycles. The summed E-state index contributed by atoms with van der Waals surface area (Å²) in [6.45, 7) is 0.